The molecule has 0 amide bonds. The number of carboxylic acids is 1. The number of hydrogen-bond donors (Lipinski definition) is 2. The van der Waals surface area contributed by atoms with Gasteiger partial charge >= 0.3 is 5.97 Å². The standard InChI is InChI=1S/C13H16N4O2/c1-13(2)3-4-17(7-13)9-6-15-11-10(16-9)8(5-14-11)12(18)19/h5-6H,3-4,7H2,1-2H3,(H,14,15)(H,18,19). The lowest BCUT2D eigenvalue weighted by Crippen LogP contribution is -2.23. The van der Waals surface area contributed by atoms with E-state index in [1.807, 2.05) is 0 Å². The quantitative estimate of drug-likeness (QED) is 0.861. The summed E-state index contributed by atoms with van der Waals surface area (Å²) in [5.74, 6) is -0.236. The maximum atomic E-state index is 11.1. The van der Waals surface area contributed by atoms with Crippen molar-refractivity contribution in [2.75, 3.05) is 18.0 Å². The van der Waals surface area contributed by atoms with E-state index in [0.717, 1.165) is 25.3 Å². The Morgan fingerprint density at radius 1 is 1.53 bits per heavy atom. The van der Waals surface area contributed by atoms with E-state index in [1.54, 1.807) is 6.20 Å². The van der Waals surface area contributed by atoms with E-state index in [4.69, 9.17) is 5.11 Å². The van der Waals surface area contributed by atoms with Gasteiger partial charge in [-0.05, 0) is 11.8 Å². The maximum Gasteiger partial charge on any atom is 0.339 e. The number of carbonyl (C=O) groups is 1. The molecule has 2 N–H and O–H groups in total. The average molecular weight is 260 g/mol. The minimum Gasteiger partial charge on any atom is -0.478 e. The summed E-state index contributed by atoms with van der Waals surface area (Å²) in [6.45, 7) is 6.29. The van der Waals surface area contributed by atoms with Crippen LogP contribution in [0.4, 0.5) is 5.82 Å². The third kappa shape index (κ3) is 2.03. The van der Waals surface area contributed by atoms with Gasteiger partial charge in [0, 0.05) is 19.3 Å². The Kier molecular flexibility index (Phi) is 2.48. The van der Waals surface area contributed by atoms with E-state index in [0.29, 0.717) is 11.2 Å². The molecule has 1 fully saturated rings. The van der Waals surface area contributed by atoms with Gasteiger partial charge in [-0.15, -0.1) is 0 Å². The first-order chi connectivity index (χ1) is 8.96. The van der Waals surface area contributed by atoms with Crippen molar-refractivity contribution in [2.24, 2.45) is 5.41 Å². The molecule has 0 aliphatic carbocycles. The second-order valence-corrected chi connectivity index (χ2v) is 5.77. The van der Waals surface area contributed by atoms with Gasteiger partial charge in [0.2, 0.25) is 0 Å². The number of anilines is 1. The van der Waals surface area contributed by atoms with Crippen molar-refractivity contribution in [1.82, 2.24) is 15.0 Å². The molecule has 1 aliphatic heterocycles. The molecule has 2 aromatic heterocycles. The van der Waals surface area contributed by atoms with Crippen LogP contribution in [0.25, 0.3) is 11.2 Å². The number of aromatic amines is 1. The summed E-state index contributed by atoms with van der Waals surface area (Å²) < 4.78 is 0. The highest BCUT2D eigenvalue weighted by Crippen LogP contribution is 2.32. The SMILES string of the molecule is CC1(C)CCN(c2cnc3[nH]cc(C(=O)O)c3n2)C1. The lowest BCUT2D eigenvalue weighted by Gasteiger charge is -2.20. The van der Waals surface area contributed by atoms with E-state index in [9.17, 15) is 4.79 Å². The van der Waals surface area contributed by atoms with E-state index in [-0.39, 0.29) is 11.0 Å². The number of nitrogens with one attached hydrogen (secondary N) is 1. The Morgan fingerprint density at radius 2 is 2.32 bits per heavy atom. The zero-order valence-electron chi connectivity index (χ0n) is 11.0. The third-order valence-electron chi connectivity index (χ3n) is 3.60. The molecule has 2 aromatic rings. The van der Waals surface area contributed by atoms with Crippen LogP contribution in [0.15, 0.2) is 12.4 Å². The fourth-order valence-electron chi connectivity index (χ4n) is 2.51. The number of carboxylic acid groups (broad SMARTS) is 1. The van der Waals surface area contributed by atoms with E-state index >= 15 is 0 Å². The van der Waals surface area contributed by atoms with Crippen LogP contribution < -0.4 is 4.90 Å². The second kappa shape index (κ2) is 3.94. The predicted molar refractivity (Wildman–Crippen MR) is 71.5 cm³/mol. The van der Waals surface area contributed by atoms with Gasteiger partial charge in [-0.25, -0.2) is 14.8 Å². The predicted octanol–water partition coefficient (Wildman–Crippen LogP) is 1.89. The van der Waals surface area contributed by atoms with Gasteiger partial charge in [0.15, 0.2) is 5.65 Å². The van der Waals surface area contributed by atoms with Crippen molar-refractivity contribution in [3.05, 3.63) is 18.0 Å². The van der Waals surface area contributed by atoms with Crippen molar-refractivity contribution >= 4 is 23.0 Å². The molecule has 0 radical (unpaired) electrons. The first-order valence-electron chi connectivity index (χ1n) is 6.29. The summed E-state index contributed by atoms with van der Waals surface area (Å²) in [5.41, 5.74) is 1.38. The highest BCUT2D eigenvalue weighted by molar-refractivity contribution is 6.00. The normalized spacial score (nSPS) is 18.1. The summed E-state index contributed by atoms with van der Waals surface area (Å²) in [6.07, 6.45) is 4.24. The molecule has 6 heteroatoms. The molecule has 3 rings (SSSR count). The first kappa shape index (κ1) is 12.0. The second-order valence-electron chi connectivity index (χ2n) is 5.77. The molecule has 1 saturated heterocycles. The molecule has 0 atom stereocenters. The summed E-state index contributed by atoms with van der Waals surface area (Å²) in [5, 5.41) is 9.11. The molecular formula is C13H16N4O2. The van der Waals surface area contributed by atoms with Crippen molar-refractivity contribution < 1.29 is 9.90 Å². The Balaban J connectivity index is 2.01. The number of aromatic nitrogens is 3. The van der Waals surface area contributed by atoms with Gasteiger partial charge in [0.25, 0.3) is 0 Å². The summed E-state index contributed by atoms with van der Waals surface area (Å²) in [7, 11) is 0. The summed E-state index contributed by atoms with van der Waals surface area (Å²) >= 11 is 0. The number of aromatic carboxylic acids is 1. The maximum absolute atomic E-state index is 11.1. The van der Waals surface area contributed by atoms with Crippen LogP contribution in [0.1, 0.15) is 30.6 Å². The minimum atomic E-state index is -0.987. The van der Waals surface area contributed by atoms with Crippen molar-refractivity contribution in [2.45, 2.75) is 20.3 Å². The number of rotatable bonds is 2. The van der Waals surface area contributed by atoms with Crippen molar-refractivity contribution in [3.63, 3.8) is 0 Å². The molecule has 100 valence electrons. The number of nitrogens with zero attached hydrogens (tertiary/aromatic N) is 3. The molecule has 0 unspecified atom stereocenters. The molecule has 0 bridgehead atoms. The highest BCUT2D eigenvalue weighted by atomic mass is 16.4. The molecule has 1 aliphatic rings. The van der Waals surface area contributed by atoms with Crippen LogP contribution in [0, 0.1) is 5.41 Å². The number of hydrogen-bond acceptors (Lipinski definition) is 4. The molecule has 3 heterocycles. The van der Waals surface area contributed by atoms with Crippen LogP contribution in [0.2, 0.25) is 0 Å². The van der Waals surface area contributed by atoms with Crippen LogP contribution in [-0.4, -0.2) is 39.1 Å². The number of H-pyrrole nitrogens is 1. The topological polar surface area (TPSA) is 82.1 Å². The molecule has 6 nitrogen and oxygen atoms in total. The van der Waals surface area contributed by atoms with Crippen molar-refractivity contribution in [1.29, 1.82) is 0 Å². The van der Waals surface area contributed by atoms with E-state index < -0.39 is 5.97 Å². The fourth-order valence-corrected chi connectivity index (χ4v) is 2.51. The molecular weight excluding hydrogens is 244 g/mol. The van der Waals surface area contributed by atoms with E-state index in [1.165, 1.54) is 6.20 Å². The lowest BCUT2D eigenvalue weighted by molar-refractivity contribution is 0.0699. The van der Waals surface area contributed by atoms with Gasteiger partial charge in [0.05, 0.1) is 6.20 Å². The Bertz CT molecular complexity index is 647. The van der Waals surface area contributed by atoms with Crippen LogP contribution in [-0.2, 0) is 0 Å². The zero-order valence-corrected chi connectivity index (χ0v) is 11.0. The molecule has 19 heavy (non-hydrogen) atoms. The number of fused-ring (bicyclic) bond motifs is 1. The molecule has 0 saturated carbocycles. The van der Waals surface area contributed by atoms with E-state index in [2.05, 4.69) is 33.7 Å². The zero-order chi connectivity index (χ0) is 13.6. The van der Waals surface area contributed by atoms with Gasteiger partial charge in [-0.3, -0.25) is 0 Å². The highest BCUT2D eigenvalue weighted by Gasteiger charge is 2.30. The van der Waals surface area contributed by atoms with Gasteiger partial charge < -0.3 is 15.0 Å². The van der Waals surface area contributed by atoms with Crippen LogP contribution >= 0.6 is 0 Å². The largest absolute Gasteiger partial charge is 0.478 e. The Hall–Kier alpha value is -2.11. The Morgan fingerprint density at radius 3 is 2.95 bits per heavy atom. The summed E-state index contributed by atoms with van der Waals surface area (Å²) in [6, 6.07) is 0. The van der Waals surface area contributed by atoms with Gasteiger partial charge in [0.1, 0.15) is 16.9 Å². The summed E-state index contributed by atoms with van der Waals surface area (Å²) in [4.78, 5) is 24.8. The molecule has 0 aromatic carbocycles. The van der Waals surface area contributed by atoms with Gasteiger partial charge in [-0.2, -0.15) is 0 Å². The fraction of sp³-hybridized carbons (Fsp3) is 0.462. The van der Waals surface area contributed by atoms with Gasteiger partial charge in [-0.1, -0.05) is 13.8 Å². The van der Waals surface area contributed by atoms with Crippen LogP contribution in [0.5, 0.6) is 0 Å². The monoisotopic (exact) mass is 260 g/mol. The Labute approximate surface area is 110 Å². The van der Waals surface area contributed by atoms with Crippen LogP contribution in [0.3, 0.4) is 0 Å². The smallest absolute Gasteiger partial charge is 0.339 e. The minimum absolute atomic E-state index is 0.169. The average Bonchev–Trinajstić information content (AvgIpc) is 2.91. The third-order valence-corrected chi connectivity index (χ3v) is 3.60. The first-order valence-corrected chi connectivity index (χ1v) is 6.29. The van der Waals surface area contributed by atoms with Crippen molar-refractivity contribution in [3.8, 4) is 0 Å². The lowest BCUT2D eigenvalue weighted by atomic mass is 9.93. The molecule has 0 spiro atoms.